The normalized spacial score (nSPS) is 21.2. The van der Waals surface area contributed by atoms with E-state index < -0.39 is 28.9 Å². The Bertz CT molecular complexity index is 1470. The lowest BCUT2D eigenvalue weighted by Crippen LogP contribution is -2.37. The van der Waals surface area contributed by atoms with Crippen molar-refractivity contribution in [3.05, 3.63) is 113 Å². The first-order valence-electron chi connectivity index (χ1n) is 11.3. The molecule has 0 unspecified atom stereocenters. The summed E-state index contributed by atoms with van der Waals surface area (Å²) in [6, 6.07) is 26.7. The Kier molecular flexibility index (Phi) is 5.12. The first-order valence-corrected chi connectivity index (χ1v) is 11.3. The molecular formula is C27H19N3O6. The molecule has 1 aromatic heterocycles. The lowest BCUT2D eigenvalue weighted by molar-refractivity contribution is -0.384. The van der Waals surface area contributed by atoms with E-state index in [1.807, 2.05) is 36.4 Å². The molecule has 2 saturated heterocycles. The number of fused-ring (bicyclic) bond motifs is 1. The number of hydrogen-bond donors (Lipinski definition) is 0. The maximum atomic E-state index is 13.6. The molecule has 0 radical (unpaired) electrons. The second kappa shape index (κ2) is 8.47. The number of carbonyl (C=O) groups is 2. The lowest BCUT2D eigenvalue weighted by Gasteiger charge is -2.27. The monoisotopic (exact) mass is 481 g/mol. The molecule has 0 aliphatic carbocycles. The van der Waals surface area contributed by atoms with Gasteiger partial charge < -0.3 is 4.42 Å². The van der Waals surface area contributed by atoms with Crippen molar-refractivity contribution in [1.82, 2.24) is 0 Å². The number of hydroxylamine groups is 1. The minimum Gasteiger partial charge on any atom is -0.459 e. The number of anilines is 2. The smallest absolute Gasteiger partial charge is 0.270 e. The molecule has 0 spiro atoms. The van der Waals surface area contributed by atoms with Gasteiger partial charge in [0.05, 0.1) is 16.3 Å². The van der Waals surface area contributed by atoms with Gasteiger partial charge in [0, 0.05) is 17.7 Å². The zero-order chi connectivity index (χ0) is 24.8. The Labute approximate surface area is 205 Å². The predicted octanol–water partition coefficient (Wildman–Crippen LogP) is 4.91. The molecule has 4 aromatic rings. The SMILES string of the molecule is O=C1[C@@H]2[C@H](ON(c3ccccc3)[C@@H]2c2ccc(-c3cccc([N+](=O)[O-])c3)o2)C(=O)N1c1ccccc1. The summed E-state index contributed by atoms with van der Waals surface area (Å²) in [5.74, 6) is -0.856. The summed E-state index contributed by atoms with van der Waals surface area (Å²) in [6.07, 6.45) is -1.02. The molecule has 2 fully saturated rings. The van der Waals surface area contributed by atoms with Crippen molar-refractivity contribution in [3.63, 3.8) is 0 Å². The minimum atomic E-state index is -1.02. The lowest BCUT2D eigenvalue weighted by atomic mass is 9.94. The van der Waals surface area contributed by atoms with Gasteiger partial charge in [-0.1, -0.05) is 48.5 Å². The summed E-state index contributed by atoms with van der Waals surface area (Å²) in [5, 5.41) is 12.8. The van der Waals surface area contributed by atoms with Crippen molar-refractivity contribution in [2.75, 3.05) is 9.96 Å². The van der Waals surface area contributed by atoms with Gasteiger partial charge in [0.1, 0.15) is 23.5 Å². The van der Waals surface area contributed by atoms with Crippen molar-refractivity contribution in [3.8, 4) is 11.3 Å². The van der Waals surface area contributed by atoms with Crippen LogP contribution in [0.2, 0.25) is 0 Å². The summed E-state index contributed by atoms with van der Waals surface area (Å²) < 4.78 is 6.15. The zero-order valence-electron chi connectivity index (χ0n) is 18.8. The average molecular weight is 481 g/mol. The minimum absolute atomic E-state index is 0.0595. The van der Waals surface area contributed by atoms with Gasteiger partial charge in [0.25, 0.3) is 11.6 Å². The molecule has 0 bridgehead atoms. The maximum absolute atomic E-state index is 13.6. The highest BCUT2D eigenvalue weighted by Gasteiger charge is 2.61. The summed E-state index contributed by atoms with van der Waals surface area (Å²) in [7, 11) is 0. The molecule has 0 N–H and O–H groups in total. The number of nitro groups is 1. The zero-order valence-corrected chi connectivity index (χ0v) is 18.8. The van der Waals surface area contributed by atoms with Crippen LogP contribution in [0.4, 0.5) is 17.1 Å². The first-order chi connectivity index (χ1) is 17.5. The van der Waals surface area contributed by atoms with E-state index in [4.69, 9.17) is 9.25 Å². The quantitative estimate of drug-likeness (QED) is 0.227. The van der Waals surface area contributed by atoms with E-state index in [9.17, 15) is 19.7 Å². The molecule has 6 rings (SSSR count). The van der Waals surface area contributed by atoms with Gasteiger partial charge >= 0.3 is 0 Å². The van der Waals surface area contributed by atoms with E-state index in [1.165, 1.54) is 12.1 Å². The van der Waals surface area contributed by atoms with Gasteiger partial charge in [0.15, 0.2) is 6.10 Å². The number of nitrogens with zero attached hydrogens (tertiary/aromatic N) is 3. The molecule has 0 saturated carbocycles. The number of furan rings is 1. The van der Waals surface area contributed by atoms with Gasteiger partial charge in [0.2, 0.25) is 5.91 Å². The van der Waals surface area contributed by atoms with E-state index in [2.05, 4.69) is 0 Å². The second-order valence-electron chi connectivity index (χ2n) is 8.51. The van der Waals surface area contributed by atoms with Crippen molar-refractivity contribution in [2.24, 2.45) is 5.92 Å². The van der Waals surface area contributed by atoms with Gasteiger partial charge in [-0.15, -0.1) is 0 Å². The van der Waals surface area contributed by atoms with Crippen LogP contribution >= 0.6 is 0 Å². The van der Waals surface area contributed by atoms with Crippen LogP contribution in [0.1, 0.15) is 11.8 Å². The van der Waals surface area contributed by atoms with E-state index >= 15 is 0 Å². The third-order valence-electron chi connectivity index (χ3n) is 6.40. The van der Waals surface area contributed by atoms with Crippen LogP contribution < -0.4 is 9.96 Å². The average Bonchev–Trinajstić information content (AvgIpc) is 3.60. The summed E-state index contributed by atoms with van der Waals surface area (Å²) >= 11 is 0. The van der Waals surface area contributed by atoms with E-state index in [1.54, 1.807) is 53.6 Å². The first kappa shape index (κ1) is 21.8. The Morgan fingerprint density at radius 3 is 2.17 bits per heavy atom. The molecule has 2 amide bonds. The fourth-order valence-electron chi connectivity index (χ4n) is 4.77. The molecule has 3 heterocycles. The third kappa shape index (κ3) is 3.45. The Balaban J connectivity index is 1.42. The Morgan fingerprint density at radius 2 is 1.47 bits per heavy atom. The van der Waals surface area contributed by atoms with E-state index in [-0.39, 0.29) is 11.6 Å². The van der Waals surface area contributed by atoms with Crippen LogP contribution in [0.15, 0.2) is 101 Å². The molecule has 2 aliphatic rings. The fourth-order valence-corrected chi connectivity index (χ4v) is 4.77. The topological polar surface area (TPSA) is 106 Å². The molecule has 9 nitrogen and oxygen atoms in total. The number of benzene rings is 3. The number of rotatable bonds is 5. The van der Waals surface area contributed by atoms with Crippen molar-refractivity contribution >= 4 is 28.9 Å². The van der Waals surface area contributed by atoms with E-state index in [0.717, 1.165) is 4.90 Å². The number of hydrogen-bond acceptors (Lipinski definition) is 7. The summed E-state index contributed by atoms with van der Waals surface area (Å²) in [5.41, 5.74) is 1.61. The van der Waals surface area contributed by atoms with Crippen LogP contribution in [0, 0.1) is 16.0 Å². The number of para-hydroxylation sites is 2. The van der Waals surface area contributed by atoms with Crippen molar-refractivity contribution < 1.29 is 23.8 Å². The highest BCUT2D eigenvalue weighted by molar-refractivity contribution is 6.23. The van der Waals surface area contributed by atoms with Crippen LogP contribution in [-0.2, 0) is 14.4 Å². The third-order valence-corrected chi connectivity index (χ3v) is 6.40. The fraction of sp³-hybridized carbons (Fsp3) is 0.111. The Morgan fingerprint density at radius 1 is 0.778 bits per heavy atom. The standard InChI is InChI=1S/C27H19N3O6/c31-26-23-24(22-15-14-21(35-22)17-8-7-13-20(16-17)30(33)34)29(19-11-5-2-6-12-19)36-25(23)27(32)28(26)18-9-3-1-4-10-18/h1-16,23-25H/t23-,24+,25-/m0/s1. The Hall–Kier alpha value is -4.76. The van der Waals surface area contributed by atoms with Crippen LogP contribution in [-0.4, -0.2) is 22.8 Å². The molecule has 3 atom stereocenters. The summed E-state index contributed by atoms with van der Waals surface area (Å²) in [6.45, 7) is 0. The highest BCUT2D eigenvalue weighted by atomic mass is 16.7. The highest BCUT2D eigenvalue weighted by Crippen LogP contribution is 2.48. The van der Waals surface area contributed by atoms with Crippen molar-refractivity contribution in [1.29, 1.82) is 0 Å². The maximum Gasteiger partial charge on any atom is 0.270 e. The molecular weight excluding hydrogens is 462 g/mol. The molecule has 2 aliphatic heterocycles. The number of carbonyl (C=O) groups excluding carboxylic acids is 2. The van der Waals surface area contributed by atoms with Gasteiger partial charge in [-0.05, 0) is 36.4 Å². The number of nitro benzene ring substituents is 1. The van der Waals surface area contributed by atoms with Crippen LogP contribution in [0.5, 0.6) is 0 Å². The number of non-ortho nitro benzene ring substituents is 1. The largest absolute Gasteiger partial charge is 0.459 e. The number of amides is 2. The predicted molar refractivity (Wildman–Crippen MR) is 130 cm³/mol. The number of imide groups is 1. The van der Waals surface area contributed by atoms with Gasteiger partial charge in [-0.2, -0.15) is 0 Å². The van der Waals surface area contributed by atoms with Gasteiger partial charge in [-0.25, -0.2) is 9.96 Å². The summed E-state index contributed by atoms with van der Waals surface area (Å²) in [4.78, 5) is 45.0. The molecule has 178 valence electrons. The van der Waals surface area contributed by atoms with Crippen LogP contribution in [0.3, 0.4) is 0 Å². The molecule has 3 aromatic carbocycles. The molecule has 36 heavy (non-hydrogen) atoms. The van der Waals surface area contributed by atoms with E-state index in [0.29, 0.717) is 28.5 Å². The molecule has 9 heteroatoms. The van der Waals surface area contributed by atoms with Crippen molar-refractivity contribution in [2.45, 2.75) is 12.1 Å². The second-order valence-corrected chi connectivity index (χ2v) is 8.51. The van der Waals surface area contributed by atoms with Crippen LogP contribution in [0.25, 0.3) is 11.3 Å². The van der Waals surface area contributed by atoms with Gasteiger partial charge in [-0.3, -0.25) is 24.5 Å².